The molecular weight excluding hydrogens is 383 g/mol. The van der Waals surface area contributed by atoms with E-state index in [1.165, 1.54) is 12.1 Å². The molecule has 152 valence electrons. The molecule has 3 aromatic heterocycles. The molecule has 0 saturated carbocycles. The zero-order chi connectivity index (χ0) is 20.7. The normalized spacial score (nSPS) is 16.9. The number of nitrogens with zero attached hydrogens (tertiary/aromatic N) is 6. The number of amides is 1. The SMILES string of the molecule is Cn1ccc(C(=O)N2CCCC(c3nc4ccc(-c5cccc(F)c5)cn4n3)C2)n1. The molecule has 0 radical (unpaired) electrons. The molecule has 30 heavy (non-hydrogen) atoms. The van der Waals surface area contributed by atoms with E-state index in [9.17, 15) is 9.18 Å². The first-order valence-electron chi connectivity index (χ1n) is 9.98. The molecule has 1 unspecified atom stereocenters. The van der Waals surface area contributed by atoms with Gasteiger partial charge in [0.25, 0.3) is 5.91 Å². The van der Waals surface area contributed by atoms with Crippen molar-refractivity contribution in [3.8, 4) is 11.1 Å². The van der Waals surface area contributed by atoms with Crippen LogP contribution < -0.4 is 0 Å². The van der Waals surface area contributed by atoms with Crippen LogP contribution in [0.4, 0.5) is 4.39 Å². The van der Waals surface area contributed by atoms with Crippen molar-refractivity contribution >= 4 is 11.6 Å². The van der Waals surface area contributed by atoms with E-state index in [0.717, 1.165) is 35.4 Å². The fourth-order valence-corrected chi connectivity index (χ4v) is 3.98. The van der Waals surface area contributed by atoms with E-state index < -0.39 is 0 Å². The topological polar surface area (TPSA) is 68.3 Å². The van der Waals surface area contributed by atoms with Gasteiger partial charge in [-0.05, 0) is 48.7 Å². The summed E-state index contributed by atoms with van der Waals surface area (Å²) in [5.74, 6) is 0.470. The third-order valence-corrected chi connectivity index (χ3v) is 5.51. The molecule has 4 aromatic rings. The summed E-state index contributed by atoms with van der Waals surface area (Å²) < 4.78 is 16.9. The molecule has 1 amide bonds. The van der Waals surface area contributed by atoms with Gasteiger partial charge in [0, 0.05) is 44.0 Å². The van der Waals surface area contributed by atoms with Gasteiger partial charge >= 0.3 is 0 Å². The summed E-state index contributed by atoms with van der Waals surface area (Å²) in [4.78, 5) is 19.3. The Kier molecular flexibility index (Phi) is 4.54. The molecule has 1 aromatic carbocycles. The number of aromatic nitrogens is 5. The summed E-state index contributed by atoms with van der Waals surface area (Å²) in [7, 11) is 1.80. The number of carbonyl (C=O) groups excluding carboxylic acids is 1. The van der Waals surface area contributed by atoms with Gasteiger partial charge in [-0.1, -0.05) is 12.1 Å². The molecule has 1 saturated heterocycles. The number of benzene rings is 1. The first-order valence-corrected chi connectivity index (χ1v) is 9.98. The number of carbonyl (C=O) groups is 1. The van der Waals surface area contributed by atoms with Crippen molar-refractivity contribution in [2.75, 3.05) is 13.1 Å². The van der Waals surface area contributed by atoms with Gasteiger partial charge in [-0.2, -0.15) is 10.2 Å². The van der Waals surface area contributed by atoms with E-state index in [1.807, 2.05) is 29.3 Å². The lowest BCUT2D eigenvalue weighted by atomic mass is 9.97. The number of fused-ring (bicyclic) bond motifs is 1. The van der Waals surface area contributed by atoms with Crippen LogP contribution in [0.3, 0.4) is 0 Å². The van der Waals surface area contributed by atoms with Crippen molar-refractivity contribution in [3.05, 3.63) is 72.2 Å². The monoisotopic (exact) mass is 404 g/mol. The second-order valence-corrected chi connectivity index (χ2v) is 7.67. The van der Waals surface area contributed by atoms with Crippen LogP contribution in [0.15, 0.2) is 54.9 Å². The van der Waals surface area contributed by atoms with E-state index in [2.05, 4.69) is 15.2 Å². The largest absolute Gasteiger partial charge is 0.337 e. The molecule has 0 bridgehead atoms. The number of rotatable bonds is 3. The molecule has 0 aliphatic carbocycles. The molecule has 4 heterocycles. The van der Waals surface area contributed by atoms with Crippen LogP contribution in [-0.4, -0.2) is 48.3 Å². The van der Waals surface area contributed by atoms with Gasteiger partial charge in [0.2, 0.25) is 0 Å². The minimum absolute atomic E-state index is 0.0579. The molecule has 1 aliphatic rings. The third-order valence-electron chi connectivity index (χ3n) is 5.51. The van der Waals surface area contributed by atoms with Gasteiger partial charge in [-0.15, -0.1) is 0 Å². The molecule has 8 heteroatoms. The number of hydrogen-bond donors (Lipinski definition) is 0. The number of hydrogen-bond acceptors (Lipinski definition) is 4. The van der Waals surface area contributed by atoms with Crippen LogP contribution in [0.1, 0.15) is 35.1 Å². The van der Waals surface area contributed by atoms with E-state index in [0.29, 0.717) is 18.8 Å². The van der Waals surface area contributed by atoms with E-state index in [4.69, 9.17) is 0 Å². The average Bonchev–Trinajstić information content (AvgIpc) is 3.39. The van der Waals surface area contributed by atoms with Crippen LogP contribution in [-0.2, 0) is 7.05 Å². The summed E-state index contributed by atoms with van der Waals surface area (Å²) in [6, 6.07) is 12.0. The minimum Gasteiger partial charge on any atom is -0.337 e. The fourth-order valence-electron chi connectivity index (χ4n) is 3.98. The summed E-state index contributed by atoms with van der Waals surface area (Å²) >= 11 is 0. The molecule has 1 aliphatic heterocycles. The van der Waals surface area contributed by atoms with E-state index >= 15 is 0 Å². The Morgan fingerprint density at radius 3 is 2.83 bits per heavy atom. The van der Waals surface area contributed by atoms with E-state index in [1.54, 1.807) is 34.6 Å². The van der Waals surface area contributed by atoms with Crippen molar-refractivity contribution in [2.24, 2.45) is 7.05 Å². The number of piperidine rings is 1. The standard InChI is InChI=1S/C22H21FN6O/c1-27-11-9-19(25-27)22(30)28-10-3-5-17(13-28)21-24-20-8-7-16(14-29(20)26-21)15-4-2-6-18(23)12-15/h2,4,6-9,11-12,14,17H,3,5,10,13H2,1H3. The predicted molar refractivity (Wildman–Crippen MR) is 109 cm³/mol. The maximum atomic E-state index is 13.6. The summed E-state index contributed by atoms with van der Waals surface area (Å²) in [6.07, 6.45) is 5.46. The second-order valence-electron chi connectivity index (χ2n) is 7.67. The van der Waals surface area contributed by atoms with Crippen molar-refractivity contribution in [1.29, 1.82) is 0 Å². The molecule has 0 spiro atoms. The van der Waals surface area contributed by atoms with Gasteiger partial charge in [-0.3, -0.25) is 9.48 Å². The molecule has 1 atom stereocenters. The molecule has 5 rings (SSSR count). The number of likely N-dealkylation sites (tertiary alicyclic amines) is 1. The zero-order valence-corrected chi connectivity index (χ0v) is 16.6. The zero-order valence-electron chi connectivity index (χ0n) is 16.6. The predicted octanol–water partition coefficient (Wildman–Crippen LogP) is 3.29. The van der Waals surface area contributed by atoms with Crippen LogP contribution in [0.25, 0.3) is 16.8 Å². The quantitative estimate of drug-likeness (QED) is 0.526. The van der Waals surface area contributed by atoms with Crippen LogP contribution in [0.5, 0.6) is 0 Å². The van der Waals surface area contributed by atoms with Crippen LogP contribution in [0.2, 0.25) is 0 Å². The van der Waals surface area contributed by atoms with Gasteiger partial charge in [0.15, 0.2) is 11.5 Å². The van der Waals surface area contributed by atoms with Crippen molar-refractivity contribution in [1.82, 2.24) is 29.3 Å². The third kappa shape index (κ3) is 3.45. The minimum atomic E-state index is -0.272. The van der Waals surface area contributed by atoms with Gasteiger partial charge in [0.1, 0.15) is 11.5 Å². The Morgan fingerprint density at radius 1 is 1.13 bits per heavy atom. The summed E-state index contributed by atoms with van der Waals surface area (Å²) in [5, 5.41) is 8.90. The number of halogens is 1. The Morgan fingerprint density at radius 2 is 2.03 bits per heavy atom. The summed E-state index contributed by atoms with van der Waals surface area (Å²) in [6.45, 7) is 1.28. The average molecular weight is 404 g/mol. The highest BCUT2D eigenvalue weighted by molar-refractivity contribution is 5.92. The van der Waals surface area contributed by atoms with Crippen molar-refractivity contribution in [2.45, 2.75) is 18.8 Å². The smallest absolute Gasteiger partial charge is 0.274 e. The Bertz CT molecular complexity index is 1230. The second kappa shape index (κ2) is 7.37. The fraction of sp³-hybridized carbons (Fsp3) is 0.273. The lowest BCUT2D eigenvalue weighted by Gasteiger charge is -2.30. The lowest BCUT2D eigenvalue weighted by molar-refractivity contribution is 0.0698. The van der Waals surface area contributed by atoms with Crippen LogP contribution in [0, 0.1) is 5.82 Å². The first kappa shape index (κ1) is 18.5. The highest BCUT2D eigenvalue weighted by Gasteiger charge is 2.29. The number of aryl methyl sites for hydroxylation is 1. The van der Waals surface area contributed by atoms with Gasteiger partial charge < -0.3 is 4.90 Å². The maximum Gasteiger partial charge on any atom is 0.274 e. The molecule has 0 N–H and O–H groups in total. The molecule has 1 fully saturated rings. The first-order chi connectivity index (χ1) is 14.6. The van der Waals surface area contributed by atoms with Crippen molar-refractivity contribution in [3.63, 3.8) is 0 Å². The lowest BCUT2D eigenvalue weighted by Crippen LogP contribution is -2.39. The maximum absolute atomic E-state index is 13.6. The van der Waals surface area contributed by atoms with Gasteiger partial charge in [-0.25, -0.2) is 13.9 Å². The highest BCUT2D eigenvalue weighted by atomic mass is 19.1. The Labute approximate surface area is 172 Å². The van der Waals surface area contributed by atoms with Gasteiger partial charge in [0.05, 0.1) is 0 Å². The molecular formula is C22H21FN6O. The Balaban J connectivity index is 1.39. The highest BCUT2D eigenvalue weighted by Crippen LogP contribution is 2.27. The summed E-state index contributed by atoms with van der Waals surface area (Å²) in [5.41, 5.74) is 2.85. The van der Waals surface area contributed by atoms with Crippen LogP contribution >= 0.6 is 0 Å². The van der Waals surface area contributed by atoms with Crippen molar-refractivity contribution < 1.29 is 9.18 Å². The molecule has 7 nitrogen and oxygen atoms in total. The van der Waals surface area contributed by atoms with E-state index in [-0.39, 0.29) is 17.6 Å². The Hall–Kier alpha value is -3.55. The number of pyridine rings is 1.